The van der Waals surface area contributed by atoms with Gasteiger partial charge in [0, 0.05) is 0 Å². The van der Waals surface area contributed by atoms with Gasteiger partial charge in [-0.15, -0.1) is 0 Å². The summed E-state index contributed by atoms with van der Waals surface area (Å²) in [5.74, 6) is -1.14. The first kappa shape index (κ1) is 15.4. The maximum absolute atomic E-state index is 12.9. The largest absolute Gasteiger partial charge is 1.00 e. The quantitative estimate of drug-likeness (QED) is 0.534. The van der Waals surface area contributed by atoms with E-state index < -0.39 is 19.3 Å². The van der Waals surface area contributed by atoms with Crippen LogP contribution in [0.5, 0.6) is 5.75 Å². The molecule has 0 aliphatic heterocycles. The molecule has 0 unspecified atom stereocenters. The van der Waals surface area contributed by atoms with Crippen LogP contribution in [0, 0.1) is 12.7 Å². The van der Waals surface area contributed by atoms with Crippen LogP contribution in [0.2, 0.25) is 0 Å². The fourth-order valence-corrected chi connectivity index (χ4v) is 0.905. The van der Waals surface area contributed by atoms with Crippen LogP contribution in [0.25, 0.3) is 0 Å². The predicted molar refractivity (Wildman–Crippen MR) is 45.7 cm³/mol. The van der Waals surface area contributed by atoms with E-state index in [1.165, 1.54) is 12.1 Å². The summed E-state index contributed by atoms with van der Waals surface area (Å²) in [6.45, 7) is -4.82. The molecule has 1 nitrogen and oxygen atoms in total. The first-order valence-corrected chi connectivity index (χ1v) is 3.98. The molecule has 1 rings (SSSR count). The van der Waals surface area contributed by atoms with Crippen LogP contribution >= 0.6 is 0 Å². The Hall–Kier alpha value is 0.441. The van der Waals surface area contributed by atoms with E-state index in [-0.39, 0.29) is 57.1 Å². The minimum absolute atomic E-state index is 0. The molecule has 1 aromatic rings. The molecule has 0 aliphatic rings. The summed E-state index contributed by atoms with van der Waals surface area (Å²) in [4.78, 5) is 0. The summed E-state index contributed by atoms with van der Waals surface area (Å²) < 4.78 is 52.5. The van der Waals surface area contributed by atoms with Crippen molar-refractivity contribution in [3.05, 3.63) is 29.6 Å². The fraction of sp³-hybridized carbons (Fsp3) is 0.250. The summed E-state index contributed by atoms with van der Waals surface area (Å²) in [5, 5.41) is 0. The van der Waals surface area contributed by atoms with Gasteiger partial charge in [-0.2, -0.15) is 0 Å². The summed E-state index contributed by atoms with van der Waals surface area (Å²) in [6.07, 6.45) is 0. The van der Waals surface area contributed by atoms with E-state index >= 15 is 0 Å². The summed E-state index contributed by atoms with van der Waals surface area (Å²) >= 11 is 0. The molecule has 0 bridgehead atoms. The Kier molecular flexibility index (Phi) is 6.43. The van der Waals surface area contributed by atoms with Gasteiger partial charge in [0.05, 0.1) is 6.51 Å². The Morgan fingerprint density at radius 3 is 2.40 bits per heavy atom. The fourth-order valence-electron chi connectivity index (χ4n) is 0.905. The van der Waals surface area contributed by atoms with Crippen molar-refractivity contribution in [2.24, 2.45) is 0 Å². The molecule has 0 saturated carbocycles. The SMILES string of the molecule is Cc1ccc(F)c(OC[B-](F)(F)F)c1.[K+]. The normalized spacial score (nSPS) is 10.7. The van der Waals surface area contributed by atoms with Gasteiger partial charge in [-0.05, 0) is 24.6 Å². The molecule has 0 radical (unpaired) electrons. The Labute approximate surface area is 128 Å². The third-order valence-corrected chi connectivity index (χ3v) is 1.51. The van der Waals surface area contributed by atoms with Gasteiger partial charge >= 0.3 is 58.4 Å². The second kappa shape index (κ2) is 6.24. The van der Waals surface area contributed by atoms with Gasteiger partial charge in [0.2, 0.25) is 0 Å². The molecular formula is C8H8BF4KO. The van der Waals surface area contributed by atoms with Crippen molar-refractivity contribution in [2.75, 3.05) is 6.51 Å². The molecule has 0 aromatic heterocycles. The first-order valence-electron chi connectivity index (χ1n) is 3.98. The van der Waals surface area contributed by atoms with E-state index in [0.29, 0.717) is 5.56 Å². The number of aryl methyl sites for hydroxylation is 1. The van der Waals surface area contributed by atoms with Gasteiger partial charge in [-0.25, -0.2) is 4.39 Å². The van der Waals surface area contributed by atoms with Crippen molar-refractivity contribution >= 4 is 6.98 Å². The van der Waals surface area contributed by atoms with Crippen LogP contribution in [0.4, 0.5) is 17.3 Å². The van der Waals surface area contributed by atoms with Gasteiger partial charge in [0.15, 0.2) is 11.6 Å². The number of halogens is 4. The van der Waals surface area contributed by atoms with E-state index in [1.807, 2.05) is 0 Å². The number of rotatable bonds is 3. The number of ether oxygens (including phenoxy) is 1. The van der Waals surface area contributed by atoms with E-state index in [4.69, 9.17) is 0 Å². The second-order valence-electron chi connectivity index (χ2n) is 2.96. The molecule has 0 spiro atoms. The van der Waals surface area contributed by atoms with Crippen LogP contribution in [0.1, 0.15) is 5.56 Å². The molecule has 0 amide bonds. The zero-order valence-corrected chi connectivity index (χ0v) is 11.6. The average Bonchev–Trinajstić information content (AvgIpc) is 2.05. The monoisotopic (exact) mass is 246 g/mol. The van der Waals surface area contributed by atoms with Crippen LogP contribution < -0.4 is 56.1 Å². The summed E-state index contributed by atoms with van der Waals surface area (Å²) in [5.41, 5.74) is 0.649. The minimum atomic E-state index is -5.04. The molecule has 0 N–H and O–H groups in total. The molecule has 7 heteroatoms. The smallest absolute Gasteiger partial charge is 0.519 e. The molecule has 78 valence electrons. The third kappa shape index (κ3) is 5.91. The second-order valence-corrected chi connectivity index (χ2v) is 2.96. The molecule has 0 fully saturated rings. The number of hydrogen-bond acceptors (Lipinski definition) is 1. The number of benzene rings is 1. The molecule has 15 heavy (non-hydrogen) atoms. The minimum Gasteiger partial charge on any atom is -0.519 e. The van der Waals surface area contributed by atoms with E-state index in [2.05, 4.69) is 4.74 Å². The maximum Gasteiger partial charge on any atom is 1.00 e. The zero-order chi connectivity index (χ0) is 10.8. The Morgan fingerprint density at radius 1 is 1.27 bits per heavy atom. The van der Waals surface area contributed by atoms with Crippen molar-refractivity contribution in [1.82, 2.24) is 0 Å². The molecule has 1 aromatic carbocycles. The van der Waals surface area contributed by atoms with Crippen LogP contribution in [0.15, 0.2) is 18.2 Å². The van der Waals surface area contributed by atoms with E-state index in [1.54, 1.807) is 6.92 Å². The van der Waals surface area contributed by atoms with Gasteiger partial charge in [-0.3, -0.25) is 0 Å². The molecule has 0 saturated heterocycles. The van der Waals surface area contributed by atoms with Crippen LogP contribution in [-0.4, -0.2) is 13.5 Å². The van der Waals surface area contributed by atoms with E-state index in [0.717, 1.165) is 6.07 Å². The zero-order valence-electron chi connectivity index (χ0n) is 8.44. The maximum atomic E-state index is 12.9. The van der Waals surface area contributed by atoms with Crippen molar-refractivity contribution in [3.8, 4) is 5.75 Å². The molecule has 0 atom stereocenters. The number of hydrogen-bond donors (Lipinski definition) is 0. The van der Waals surface area contributed by atoms with Crippen molar-refractivity contribution in [1.29, 1.82) is 0 Å². The standard InChI is InChI=1S/C8H8BF4O.K/c1-6-2-3-7(10)8(4-6)14-5-9(11,12)13;/h2-4H,5H2,1H3;/q-1;+1. The van der Waals surface area contributed by atoms with Crippen molar-refractivity contribution in [2.45, 2.75) is 6.92 Å². The molecular weight excluding hydrogens is 238 g/mol. The van der Waals surface area contributed by atoms with E-state index in [9.17, 15) is 17.3 Å². The van der Waals surface area contributed by atoms with Crippen LogP contribution in [-0.2, 0) is 0 Å². The first-order chi connectivity index (χ1) is 6.38. The van der Waals surface area contributed by atoms with Gasteiger partial charge in [0.25, 0.3) is 0 Å². The Bertz CT molecular complexity index is 329. The van der Waals surface area contributed by atoms with Crippen molar-refractivity contribution < 1.29 is 73.5 Å². The predicted octanol–water partition coefficient (Wildman–Crippen LogP) is -0.0965. The van der Waals surface area contributed by atoms with Crippen molar-refractivity contribution in [3.63, 3.8) is 0 Å². The summed E-state index contributed by atoms with van der Waals surface area (Å²) in [7, 11) is 0. The summed E-state index contributed by atoms with van der Waals surface area (Å²) in [6, 6.07) is 3.77. The van der Waals surface area contributed by atoms with Crippen LogP contribution in [0.3, 0.4) is 0 Å². The molecule has 0 aliphatic carbocycles. The Balaban J connectivity index is 0.00000196. The Morgan fingerprint density at radius 2 is 1.87 bits per heavy atom. The van der Waals surface area contributed by atoms with Gasteiger partial charge < -0.3 is 17.7 Å². The molecule has 0 heterocycles. The average molecular weight is 246 g/mol. The van der Waals surface area contributed by atoms with Gasteiger partial charge in [-0.1, -0.05) is 6.07 Å². The topological polar surface area (TPSA) is 9.23 Å². The van der Waals surface area contributed by atoms with Gasteiger partial charge in [0.1, 0.15) is 0 Å². The third-order valence-electron chi connectivity index (χ3n) is 1.51.